The van der Waals surface area contributed by atoms with E-state index in [4.69, 9.17) is 5.11 Å². The molecule has 0 radical (unpaired) electrons. The van der Waals surface area contributed by atoms with E-state index in [9.17, 15) is 9.59 Å². The second-order valence-corrected chi connectivity index (χ2v) is 5.54. The summed E-state index contributed by atoms with van der Waals surface area (Å²) in [5.74, 6) is -0.328. The third-order valence-electron chi connectivity index (χ3n) is 3.52. The number of carbonyl (C=O) groups is 2. The van der Waals surface area contributed by atoms with Gasteiger partial charge in [-0.2, -0.15) is 0 Å². The molecule has 1 saturated heterocycles. The first-order valence-corrected chi connectivity index (χ1v) is 6.89. The predicted octanol–water partition coefficient (Wildman–Crippen LogP) is 0.738. The van der Waals surface area contributed by atoms with Crippen LogP contribution >= 0.6 is 0 Å². The van der Waals surface area contributed by atoms with E-state index >= 15 is 0 Å². The summed E-state index contributed by atoms with van der Waals surface area (Å²) in [5.41, 5.74) is 0. The number of carboxylic acids is 1. The maximum absolute atomic E-state index is 11.6. The molecule has 1 unspecified atom stereocenters. The van der Waals surface area contributed by atoms with Crippen LogP contribution in [0.4, 0.5) is 4.79 Å². The van der Waals surface area contributed by atoms with Gasteiger partial charge in [-0.1, -0.05) is 6.92 Å². The number of amides is 2. The molecule has 0 spiro atoms. The van der Waals surface area contributed by atoms with Gasteiger partial charge in [-0.3, -0.25) is 4.79 Å². The van der Waals surface area contributed by atoms with E-state index in [0.29, 0.717) is 19.0 Å². The number of carbonyl (C=O) groups excluding carboxylic acids is 1. The summed E-state index contributed by atoms with van der Waals surface area (Å²) >= 11 is 0. The maximum atomic E-state index is 11.6. The van der Waals surface area contributed by atoms with Crippen molar-refractivity contribution in [3.63, 3.8) is 0 Å². The van der Waals surface area contributed by atoms with Crippen molar-refractivity contribution in [3.8, 4) is 0 Å². The molecular formula is C13H25N3O3. The average Bonchev–Trinajstić information content (AvgIpc) is 2.35. The molecule has 0 saturated carbocycles. The molecule has 19 heavy (non-hydrogen) atoms. The molecule has 1 aliphatic rings. The van der Waals surface area contributed by atoms with Crippen LogP contribution in [0, 0.1) is 11.8 Å². The van der Waals surface area contributed by atoms with Crippen LogP contribution < -0.4 is 10.6 Å². The summed E-state index contributed by atoms with van der Waals surface area (Å²) < 4.78 is 0. The summed E-state index contributed by atoms with van der Waals surface area (Å²) in [6.07, 6.45) is 2.31. The number of urea groups is 1. The van der Waals surface area contributed by atoms with Gasteiger partial charge in [-0.25, -0.2) is 4.79 Å². The van der Waals surface area contributed by atoms with Crippen molar-refractivity contribution < 1.29 is 14.7 Å². The van der Waals surface area contributed by atoms with Crippen LogP contribution in [0.15, 0.2) is 0 Å². The number of piperidine rings is 1. The fraction of sp³-hybridized carbons (Fsp3) is 0.846. The lowest BCUT2D eigenvalue weighted by Crippen LogP contribution is -2.42. The SMILES string of the molecule is CC(CNC(=O)NCC1CCN(C)CC1)CC(=O)O. The monoisotopic (exact) mass is 271 g/mol. The smallest absolute Gasteiger partial charge is 0.314 e. The molecule has 1 atom stereocenters. The zero-order chi connectivity index (χ0) is 14.3. The Kier molecular flexibility index (Phi) is 6.62. The fourth-order valence-electron chi connectivity index (χ4n) is 2.20. The predicted molar refractivity (Wildman–Crippen MR) is 73.0 cm³/mol. The van der Waals surface area contributed by atoms with Gasteiger partial charge < -0.3 is 20.6 Å². The molecule has 110 valence electrons. The van der Waals surface area contributed by atoms with Gasteiger partial charge in [0.25, 0.3) is 0 Å². The molecule has 2 amide bonds. The van der Waals surface area contributed by atoms with E-state index < -0.39 is 5.97 Å². The minimum atomic E-state index is -0.832. The highest BCUT2D eigenvalue weighted by molar-refractivity contribution is 5.74. The van der Waals surface area contributed by atoms with Crippen molar-refractivity contribution in [2.45, 2.75) is 26.2 Å². The first kappa shape index (κ1) is 15.8. The van der Waals surface area contributed by atoms with Crippen molar-refractivity contribution in [2.24, 2.45) is 11.8 Å². The molecular weight excluding hydrogens is 246 g/mol. The van der Waals surface area contributed by atoms with Gasteiger partial charge in [0, 0.05) is 19.5 Å². The standard InChI is InChI=1S/C13H25N3O3/c1-10(7-12(17)18)8-14-13(19)15-9-11-3-5-16(2)6-4-11/h10-11H,3-9H2,1-2H3,(H,17,18)(H2,14,15,19). The second kappa shape index (κ2) is 7.99. The highest BCUT2D eigenvalue weighted by atomic mass is 16.4. The molecule has 0 aromatic rings. The topological polar surface area (TPSA) is 81.7 Å². The van der Waals surface area contributed by atoms with Crippen molar-refractivity contribution in [2.75, 3.05) is 33.2 Å². The average molecular weight is 271 g/mol. The molecule has 6 nitrogen and oxygen atoms in total. The molecule has 1 rings (SSSR count). The van der Waals surface area contributed by atoms with Crippen LogP contribution in [0.1, 0.15) is 26.2 Å². The molecule has 6 heteroatoms. The maximum Gasteiger partial charge on any atom is 0.314 e. The lowest BCUT2D eigenvalue weighted by atomic mass is 9.97. The van der Waals surface area contributed by atoms with Crippen LogP contribution in [0.3, 0.4) is 0 Å². The highest BCUT2D eigenvalue weighted by Crippen LogP contribution is 2.14. The molecule has 0 aromatic carbocycles. The van der Waals surface area contributed by atoms with Gasteiger partial charge in [-0.05, 0) is 44.8 Å². The zero-order valence-electron chi connectivity index (χ0n) is 11.8. The van der Waals surface area contributed by atoms with Gasteiger partial charge in [0.15, 0.2) is 0 Å². The van der Waals surface area contributed by atoms with Crippen LogP contribution in [0.2, 0.25) is 0 Å². The van der Waals surface area contributed by atoms with E-state index in [2.05, 4.69) is 22.6 Å². The van der Waals surface area contributed by atoms with Crippen molar-refractivity contribution in [3.05, 3.63) is 0 Å². The van der Waals surface area contributed by atoms with Crippen molar-refractivity contribution >= 4 is 12.0 Å². The van der Waals surface area contributed by atoms with Gasteiger partial charge in [0.2, 0.25) is 0 Å². The molecule has 3 N–H and O–H groups in total. The van der Waals surface area contributed by atoms with E-state index in [0.717, 1.165) is 25.9 Å². The number of likely N-dealkylation sites (tertiary alicyclic amines) is 1. The first-order valence-electron chi connectivity index (χ1n) is 6.89. The minimum absolute atomic E-state index is 0.0495. The van der Waals surface area contributed by atoms with Crippen LogP contribution in [-0.2, 0) is 4.79 Å². The Morgan fingerprint density at radius 3 is 2.53 bits per heavy atom. The lowest BCUT2D eigenvalue weighted by molar-refractivity contribution is -0.137. The summed E-state index contributed by atoms with van der Waals surface area (Å²) in [5, 5.41) is 14.2. The van der Waals surface area contributed by atoms with Crippen LogP contribution in [-0.4, -0.2) is 55.2 Å². The number of aliphatic carboxylic acids is 1. The zero-order valence-corrected chi connectivity index (χ0v) is 11.8. The Morgan fingerprint density at radius 1 is 1.32 bits per heavy atom. The minimum Gasteiger partial charge on any atom is -0.481 e. The van der Waals surface area contributed by atoms with Crippen molar-refractivity contribution in [1.29, 1.82) is 0 Å². The third-order valence-corrected chi connectivity index (χ3v) is 3.52. The first-order chi connectivity index (χ1) is 8.97. The number of hydrogen-bond donors (Lipinski definition) is 3. The largest absolute Gasteiger partial charge is 0.481 e. The molecule has 0 aliphatic carbocycles. The van der Waals surface area contributed by atoms with E-state index in [1.54, 1.807) is 0 Å². The van der Waals surface area contributed by atoms with Crippen LogP contribution in [0.5, 0.6) is 0 Å². The lowest BCUT2D eigenvalue weighted by Gasteiger charge is -2.28. The third kappa shape index (κ3) is 7.00. The van der Waals surface area contributed by atoms with Gasteiger partial charge >= 0.3 is 12.0 Å². The van der Waals surface area contributed by atoms with E-state index in [-0.39, 0.29) is 18.4 Å². The molecule has 1 fully saturated rings. The summed E-state index contributed by atoms with van der Waals surface area (Å²) in [7, 11) is 2.11. The second-order valence-electron chi connectivity index (χ2n) is 5.54. The summed E-state index contributed by atoms with van der Waals surface area (Å²) in [6.45, 7) is 5.08. The van der Waals surface area contributed by atoms with Crippen LogP contribution in [0.25, 0.3) is 0 Å². The normalized spacial score (nSPS) is 18.8. The molecule has 0 aromatic heterocycles. The van der Waals surface area contributed by atoms with Gasteiger partial charge in [-0.15, -0.1) is 0 Å². The quantitative estimate of drug-likeness (QED) is 0.665. The Hall–Kier alpha value is -1.30. The number of nitrogens with one attached hydrogen (secondary N) is 2. The number of hydrogen-bond acceptors (Lipinski definition) is 3. The van der Waals surface area contributed by atoms with Gasteiger partial charge in [0.1, 0.15) is 0 Å². The van der Waals surface area contributed by atoms with Crippen molar-refractivity contribution in [1.82, 2.24) is 15.5 Å². The number of carboxylic acid groups (broad SMARTS) is 1. The van der Waals surface area contributed by atoms with E-state index in [1.165, 1.54) is 0 Å². The molecule has 1 aliphatic heterocycles. The van der Waals surface area contributed by atoms with E-state index in [1.807, 2.05) is 6.92 Å². The van der Waals surface area contributed by atoms with Gasteiger partial charge in [0.05, 0.1) is 0 Å². The Labute approximate surface area is 114 Å². The number of nitrogens with zero attached hydrogens (tertiary/aromatic N) is 1. The molecule has 1 heterocycles. The highest BCUT2D eigenvalue weighted by Gasteiger charge is 2.17. The Morgan fingerprint density at radius 2 is 1.95 bits per heavy atom. The fourth-order valence-corrected chi connectivity index (χ4v) is 2.20. The molecule has 0 bridgehead atoms. The summed E-state index contributed by atoms with van der Waals surface area (Å²) in [4.78, 5) is 24.3. The Bertz CT molecular complexity index is 302. The number of rotatable bonds is 6. The Balaban J connectivity index is 2.09. The summed E-state index contributed by atoms with van der Waals surface area (Å²) in [6, 6.07) is -0.198.